The molecule has 0 unspecified atom stereocenters. The second-order valence-electron chi connectivity index (χ2n) is 12.0. The Morgan fingerprint density at radius 1 is 1.02 bits per heavy atom. The number of benzene rings is 2. The molecule has 2 aliphatic carbocycles. The lowest BCUT2D eigenvalue weighted by atomic mass is 9.85. The summed E-state index contributed by atoms with van der Waals surface area (Å²) in [6, 6.07) is 13.1. The van der Waals surface area contributed by atoms with E-state index in [9.17, 15) is 29.1 Å². The van der Waals surface area contributed by atoms with Gasteiger partial charge in [0.25, 0.3) is 5.91 Å². The fourth-order valence-corrected chi connectivity index (χ4v) is 7.78. The highest BCUT2D eigenvalue weighted by atomic mass is 16.3. The molecule has 4 amide bonds. The van der Waals surface area contributed by atoms with Crippen LogP contribution in [0.4, 0.5) is 0 Å². The largest absolute Gasteiger partial charge is 0.389 e. The van der Waals surface area contributed by atoms with Gasteiger partial charge in [-0.25, -0.2) is 0 Å². The predicted octanol–water partition coefficient (Wildman–Crippen LogP) is 1.25. The Hall–Kier alpha value is -4.05. The molecule has 2 aromatic carbocycles. The van der Waals surface area contributed by atoms with Gasteiger partial charge < -0.3 is 26.0 Å². The molecule has 6 rings (SSSR count). The Balaban J connectivity index is 1.38. The monoisotopic (exact) mass is 572 g/mol. The summed E-state index contributed by atoms with van der Waals surface area (Å²) >= 11 is 0. The second-order valence-corrected chi connectivity index (χ2v) is 12.0. The zero-order chi connectivity index (χ0) is 29.6. The van der Waals surface area contributed by atoms with E-state index in [4.69, 9.17) is 0 Å². The van der Waals surface area contributed by atoms with Crippen LogP contribution in [0.15, 0.2) is 48.5 Å². The minimum Gasteiger partial charge on any atom is -0.389 e. The van der Waals surface area contributed by atoms with Gasteiger partial charge in [-0.3, -0.25) is 24.0 Å². The first-order valence-electron chi connectivity index (χ1n) is 14.8. The highest BCUT2D eigenvalue weighted by Crippen LogP contribution is 2.51. The van der Waals surface area contributed by atoms with E-state index >= 15 is 0 Å². The molecule has 4 aliphatic rings. The van der Waals surface area contributed by atoms with Gasteiger partial charge in [0.05, 0.1) is 6.04 Å². The van der Waals surface area contributed by atoms with Gasteiger partial charge in [-0.05, 0) is 59.8 Å². The van der Waals surface area contributed by atoms with Crippen LogP contribution in [0.5, 0.6) is 0 Å². The zero-order valence-electron chi connectivity index (χ0n) is 23.6. The summed E-state index contributed by atoms with van der Waals surface area (Å²) < 4.78 is 0. The first kappa shape index (κ1) is 28.1. The van der Waals surface area contributed by atoms with Gasteiger partial charge in [-0.1, -0.05) is 55.0 Å². The molecule has 42 heavy (non-hydrogen) atoms. The number of amides is 4. The van der Waals surface area contributed by atoms with Crippen molar-refractivity contribution in [2.45, 2.75) is 56.7 Å². The molecule has 220 valence electrons. The van der Waals surface area contributed by atoms with Crippen LogP contribution < -0.4 is 16.0 Å². The first-order chi connectivity index (χ1) is 20.3. The molecule has 2 aliphatic heterocycles. The number of Topliss-reactive ketones (excluding diaryl/α,β-unsaturated/α-hetero) is 1. The summed E-state index contributed by atoms with van der Waals surface area (Å²) in [5.41, 5.74) is 1.49. The summed E-state index contributed by atoms with van der Waals surface area (Å²) in [5, 5.41) is 18.2. The predicted molar refractivity (Wildman–Crippen MR) is 153 cm³/mol. The highest BCUT2D eigenvalue weighted by Gasteiger charge is 2.58. The Morgan fingerprint density at radius 3 is 2.29 bits per heavy atom. The van der Waals surface area contributed by atoms with E-state index in [2.05, 4.69) is 16.0 Å². The van der Waals surface area contributed by atoms with Crippen LogP contribution in [0.1, 0.15) is 50.2 Å². The summed E-state index contributed by atoms with van der Waals surface area (Å²) in [5.74, 6) is -2.42. The molecule has 10 nitrogen and oxygen atoms in total. The Labute approximate surface area is 244 Å². The van der Waals surface area contributed by atoms with Crippen LogP contribution in [0, 0.1) is 17.8 Å². The first-order valence-corrected chi connectivity index (χ1v) is 14.8. The van der Waals surface area contributed by atoms with E-state index < -0.39 is 41.8 Å². The molecule has 1 saturated carbocycles. The molecular formula is C32H36N4O6. The van der Waals surface area contributed by atoms with Crippen molar-refractivity contribution < 1.29 is 29.1 Å². The number of fused-ring (bicyclic) bond motifs is 4. The average molecular weight is 573 g/mol. The number of ketones is 1. The summed E-state index contributed by atoms with van der Waals surface area (Å²) in [7, 11) is 0. The minimum atomic E-state index is -1.52. The van der Waals surface area contributed by atoms with E-state index in [1.54, 1.807) is 4.90 Å². The van der Waals surface area contributed by atoms with E-state index in [-0.39, 0.29) is 36.0 Å². The van der Waals surface area contributed by atoms with Gasteiger partial charge >= 0.3 is 0 Å². The topological polar surface area (TPSA) is 145 Å². The van der Waals surface area contributed by atoms with Crippen molar-refractivity contribution in [2.75, 3.05) is 19.7 Å². The average Bonchev–Trinajstić information content (AvgIpc) is 3.75. The molecule has 2 heterocycles. The van der Waals surface area contributed by atoms with Crippen LogP contribution in [-0.2, 0) is 29.5 Å². The zero-order valence-corrected chi connectivity index (χ0v) is 23.6. The number of rotatable bonds is 8. The maximum atomic E-state index is 14.9. The SMILES string of the molecule is CC(=O)NC1(C(=O)N2C[C@@H]3CCC[C@@H]3[C@H]2C(=O)N[C@H](C[C@@H]2CCNC2=O)C(=O)CO)c2ccccc2-c2ccccc21. The molecular weight excluding hydrogens is 536 g/mol. The van der Waals surface area contributed by atoms with Crippen molar-refractivity contribution in [3.8, 4) is 11.1 Å². The number of aliphatic hydroxyl groups excluding tert-OH is 1. The third-order valence-corrected chi connectivity index (χ3v) is 9.60. The molecule has 5 atom stereocenters. The van der Waals surface area contributed by atoms with Gasteiger partial charge in [0.15, 0.2) is 11.3 Å². The number of hydrogen-bond acceptors (Lipinski definition) is 6. The lowest BCUT2D eigenvalue weighted by molar-refractivity contribution is -0.146. The van der Waals surface area contributed by atoms with Crippen LogP contribution in [0.3, 0.4) is 0 Å². The van der Waals surface area contributed by atoms with Crippen molar-refractivity contribution >= 4 is 29.4 Å². The van der Waals surface area contributed by atoms with Gasteiger partial charge in [0.1, 0.15) is 12.6 Å². The molecule has 4 N–H and O–H groups in total. The van der Waals surface area contributed by atoms with E-state index in [1.165, 1.54) is 6.92 Å². The smallest absolute Gasteiger partial charge is 0.258 e. The standard InChI is InChI=1S/C32H36N4O6/c1-18(38)35-32(24-11-4-2-8-22(24)23-9-3-5-12-25(23)32)31(42)36-16-20-7-6-10-21(20)28(36)30(41)34-26(27(39)17-37)15-19-13-14-33-29(19)40/h2-5,8-9,11-12,19-21,26,28,37H,6-7,10,13-17H2,1H3,(H,33,40)(H,34,41)(H,35,38)/t19-,20-,21-,26+,28-/m0/s1. The third-order valence-electron chi connectivity index (χ3n) is 9.60. The fourth-order valence-electron chi connectivity index (χ4n) is 7.78. The molecule has 0 radical (unpaired) electrons. The lowest BCUT2D eigenvalue weighted by Gasteiger charge is -2.38. The number of nitrogens with one attached hydrogen (secondary N) is 3. The molecule has 0 bridgehead atoms. The van der Waals surface area contributed by atoms with Gasteiger partial charge in [0.2, 0.25) is 17.7 Å². The Morgan fingerprint density at radius 2 is 1.69 bits per heavy atom. The number of likely N-dealkylation sites (tertiary alicyclic amines) is 1. The fraction of sp³-hybridized carbons (Fsp3) is 0.469. The second kappa shape index (κ2) is 11.0. The van der Waals surface area contributed by atoms with Crippen molar-refractivity contribution in [2.24, 2.45) is 17.8 Å². The number of carbonyl (C=O) groups is 5. The normalized spacial score (nSPS) is 25.7. The molecule has 3 fully saturated rings. The number of hydrogen-bond donors (Lipinski definition) is 4. The highest BCUT2D eigenvalue weighted by molar-refractivity contribution is 6.04. The molecule has 10 heteroatoms. The van der Waals surface area contributed by atoms with Crippen LogP contribution in [0.25, 0.3) is 11.1 Å². The van der Waals surface area contributed by atoms with Gasteiger partial charge in [0, 0.05) is 25.9 Å². The van der Waals surface area contributed by atoms with Crippen molar-refractivity contribution in [3.63, 3.8) is 0 Å². The van der Waals surface area contributed by atoms with Crippen molar-refractivity contribution in [3.05, 3.63) is 59.7 Å². The summed E-state index contributed by atoms with van der Waals surface area (Å²) in [6.45, 7) is 1.47. The van der Waals surface area contributed by atoms with Crippen LogP contribution in [-0.4, -0.2) is 71.2 Å². The van der Waals surface area contributed by atoms with Crippen molar-refractivity contribution in [1.29, 1.82) is 0 Å². The maximum absolute atomic E-state index is 14.9. The van der Waals surface area contributed by atoms with Gasteiger partial charge in [-0.15, -0.1) is 0 Å². The number of nitrogens with zero attached hydrogens (tertiary/aromatic N) is 1. The van der Waals surface area contributed by atoms with Crippen molar-refractivity contribution in [1.82, 2.24) is 20.9 Å². The van der Waals surface area contributed by atoms with Crippen LogP contribution in [0.2, 0.25) is 0 Å². The van der Waals surface area contributed by atoms with Crippen LogP contribution >= 0.6 is 0 Å². The molecule has 2 aromatic rings. The summed E-state index contributed by atoms with van der Waals surface area (Å²) in [4.78, 5) is 68.4. The maximum Gasteiger partial charge on any atom is 0.258 e. The van der Waals surface area contributed by atoms with Gasteiger partial charge in [-0.2, -0.15) is 0 Å². The molecule has 0 spiro atoms. The van der Waals surface area contributed by atoms with E-state index in [1.807, 2.05) is 48.5 Å². The quantitative estimate of drug-likeness (QED) is 0.375. The Kier molecular flexibility index (Phi) is 7.34. The minimum absolute atomic E-state index is 0.0856. The molecule has 2 saturated heterocycles. The number of aliphatic hydroxyl groups is 1. The van der Waals surface area contributed by atoms with E-state index in [0.29, 0.717) is 30.6 Å². The molecule has 0 aromatic heterocycles. The summed E-state index contributed by atoms with van der Waals surface area (Å²) in [6.07, 6.45) is 3.20. The third kappa shape index (κ3) is 4.48. The lowest BCUT2D eigenvalue weighted by Crippen LogP contribution is -2.61. The Bertz CT molecular complexity index is 1410. The van der Waals surface area contributed by atoms with E-state index in [0.717, 1.165) is 30.4 Å². The number of carbonyl (C=O) groups excluding carboxylic acids is 5.